The van der Waals surface area contributed by atoms with Crippen LogP contribution in [0, 0.1) is 5.92 Å². The van der Waals surface area contributed by atoms with E-state index in [-0.39, 0.29) is 6.61 Å². The van der Waals surface area contributed by atoms with Gasteiger partial charge in [0, 0.05) is 0 Å². The summed E-state index contributed by atoms with van der Waals surface area (Å²) in [5.41, 5.74) is 2.38. The maximum absolute atomic E-state index is 8.90. The predicted molar refractivity (Wildman–Crippen MR) is 57.0 cm³/mol. The highest BCUT2D eigenvalue weighted by Gasteiger charge is 2.14. The van der Waals surface area contributed by atoms with Crippen LogP contribution in [0.4, 0.5) is 0 Å². The fraction of sp³-hybridized carbons (Fsp3) is 0.500. The number of hydrogen-bond donors (Lipinski definition) is 2. The van der Waals surface area contributed by atoms with Gasteiger partial charge in [0.25, 0.3) is 0 Å². The normalized spacial score (nSPS) is 21.4. The minimum Gasteiger partial charge on any atom is -0.392 e. The van der Waals surface area contributed by atoms with E-state index in [9.17, 15) is 0 Å². The Morgan fingerprint density at radius 2 is 1.93 bits per heavy atom. The summed E-state index contributed by atoms with van der Waals surface area (Å²) in [7, 11) is 0. The topological polar surface area (TPSA) is 32.3 Å². The fourth-order valence-electron chi connectivity index (χ4n) is 2.00. The smallest absolute Gasteiger partial charge is 0.0681 e. The second kappa shape index (κ2) is 4.58. The summed E-state index contributed by atoms with van der Waals surface area (Å²) in [4.78, 5) is 0. The molecule has 1 heterocycles. The Balaban J connectivity index is 1.95. The van der Waals surface area contributed by atoms with Crippen LogP contribution in [0.2, 0.25) is 0 Å². The van der Waals surface area contributed by atoms with Gasteiger partial charge in [0.05, 0.1) is 6.61 Å². The van der Waals surface area contributed by atoms with Crippen molar-refractivity contribution in [3.63, 3.8) is 0 Å². The van der Waals surface area contributed by atoms with Crippen molar-refractivity contribution in [2.24, 2.45) is 5.92 Å². The summed E-state index contributed by atoms with van der Waals surface area (Å²) in [5, 5.41) is 12.3. The molecule has 1 saturated heterocycles. The minimum atomic E-state index is 0.144. The molecule has 1 fully saturated rings. The Bertz CT molecular complexity index is 275. The molecule has 0 radical (unpaired) electrons. The molecule has 1 atom stereocenters. The van der Waals surface area contributed by atoms with Gasteiger partial charge in [0.15, 0.2) is 0 Å². The maximum Gasteiger partial charge on any atom is 0.0681 e. The third-order valence-corrected chi connectivity index (χ3v) is 2.89. The SMILES string of the molecule is OCc1ccc(CC2CCNC2)cc1. The first-order chi connectivity index (χ1) is 6.88. The van der Waals surface area contributed by atoms with Crippen molar-refractivity contribution in [2.45, 2.75) is 19.4 Å². The highest BCUT2D eigenvalue weighted by molar-refractivity contribution is 5.22. The van der Waals surface area contributed by atoms with Gasteiger partial charge in [-0.05, 0) is 43.0 Å². The van der Waals surface area contributed by atoms with E-state index in [4.69, 9.17) is 5.11 Å². The van der Waals surface area contributed by atoms with Gasteiger partial charge in [0.1, 0.15) is 0 Å². The summed E-state index contributed by atoms with van der Waals surface area (Å²) in [5.74, 6) is 0.801. The first-order valence-corrected chi connectivity index (χ1v) is 5.28. The zero-order chi connectivity index (χ0) is 9.80. The number of aliphatic hydroxyl groups is 1. The molecule has 2 N–H and O–H groups in total. The highest BCUT2D eigenvalue weighted by Crippen LogP contribution is 2.15. The molecule has 1 aliphatic rings. The number of nitrogens with one attached hydrogen (secondary N) is 1. The number of hydrogen-bond acceptors (Lipinski definition) is 2. The molecular formula is C12H17NO. The number of benzene rings is 1. The molecule has 0 aliphatic carbocycles. The van der Waals surface area contributed by atoms with E-state index in [2.05, 4.69) is 17.4 Å². The van der Waals surface area contributed by atoms with Gasteiger partial charge in [-0.1, -0.05) is 24.3 Å². The quantitative estimate of drug-likeness (QED) is 0.755. The zero-order valence-electron chi connectivity index (χ0n) is 8.37. The lowest BCUT2D eigenvalue weighted by Crippen LogP contribution is -2.10. The van der Waals surface area contributed by atoms with Gasteiger partial charge in [-0.25, -0.2) is 0 Å². The van der Waals surface area contributed by atoms with E-state index in [1.165, 1.54) is 24.9 Å². The molecule has 2 nitrogen and oxygen atoms in total. The first kappa shape index (κ1) is 9.69. The van der Waals surface area contributed by atoms with Crippen molar-refractivity contribution >= 4 is 0 Å². The van der Waals surface area contributed by atoms with Crippen LogP contribution >= 0.6 is 0 Å². The van der Waals surface area contributed by atoms with E-state index in [1.54, 1.807) is 0 Å². The van der Waals surface area contributed by atoms with Gasteiger partial charge in [0.2, 0.25) is 0 Å². The van der Waals surface area contributed by atoms with Crippen LogP contribution < -0.4 is 5.32 Å². The van der Waals surface area contributed by atoms with Crippen LogP contribution in [-0.2, 0) is 13.0 Å². The molecule has 0 bridgehead atoms. The second-order valence-electron chi connectivity index (χ2n) is 4.04. The Labute approximate surface area is 85.0 Å². The third kappa shape index (κ3) is 2.34. The lowest BCUT2D eigenvalue weighted by molar-refractivity contribution is 0.282. The average molecular weight is 191 g/mol. The third-order valence-electron chi connectivity index (χ3n) is 2.89. The van der Waals surface area contributed by atoms with Crippen LogP contribution in [-0.4, -0.2) is 18.2 Å². The molecule has 1 unspecified atom stereocenters. The Morgan fingerprint density at radius 1 is 1.21 bits per heavy atom. The molecule has 1 aromatic carbocycles. The van der Waals surface area contributed by atoms with Crippen molar-refractivity contribution in [3.05, 3.63) is 35.4 Å². The van der Waals surface area contributed by atoms with Crippen molar-refractivity contribution in [3.8, 4) is 0 Å². The van der Waals surface area contributed by atoms with Crippen molar-refractivity contribution in [1.29, 1.82) is 0 Å². The number of aliphatic hydroxyl groups excluding tert-OH is 1. The van der Waals surface area contributed by atoms with Crippen LogP contribution in [0.15, 0.2) is 24.3 Å². The van der Waals surface area contributed by atoms with E-state index < -0.39 is 0 Å². The summed E-state index contributed by atoms with van der Waals surface area (Å²) in [6.07, 6.45) is 2.46. The Hall–Kier alpha value is -0.860. The Morgan fingerprint density at radius 3 is 2.50 bits per heavy atom. The van der Waals surface area contributed by atoms with E-state index in [1.807, 2.05) is 12.1 Å². The standard InChI is InChI=1S/C12H17NO/c14-9-11-3-1-10(2-4-11)7-12-5-6-13-8-12/h1-4,12-14H,5-9H2. The van der Waals surface area contributed by atoms with E-state index in [0.717, 1.165) is 18.0 Å². The fourth-order valence-corrected chi connectivity index (χ4v) is 2.00. The zero-order valence-corrected chi connectivity index (χ0v) is 8.37. The largest absolute Gasteiger partial charge is 0.392 e. The van der Waals surface area contributed by atoms with Crippen LogP contribution in [0.1, 0.15) is 17.5 Å². The lowest BCUT2D eigenvalue weighted by Gasteiger charge is -2.08. The first-order valence-electron chi connectivity index (χ1n) is 5.28. The molecule has 0 amide bonds. The molecule has 76 valence electrons. The molecular weight excluding hydrogens is 174 g/mol. The lowest BCUT2D eigenvalue weighted by atomic mass is 9.98. The highest BCUT2D eigenvalue weighted by atomic mass is 16.3. The molecule has 2 heteroatoms. The predicted octanol–water partition coefficient (Wildman–Crippen LogP) is 1.33. The van der Waals surface area contributed by atoms with E-state index in [0.29, 0.717) is 0 Å². The van der Waals surface area contributed by atoms with Gasteiger partial charge >= 0.3 is 0 Å². The van der Waals surface area contributed by atoms with Crippen molar-refractivity contribution in [1.82, 2.24) is 5.32 Å². The van der Waals surface area contributed by atoms with Crippen molar-refractivity contribution < 1.29 is 5.11 Å². The van der Waals surface area contributed by atoms with Crippen LogP contribution in [0.5, 0.6) is 0 Å². The number of rotatable bonds is 3. The molecule has 14 heavy (non-hydrogen) atoms. The maximum atomic E-state index is 8.90. The van der Waals surface area contributed by atoms with Gasteiger partial charge < -0.3 is 10.4 Å². The Kier molecular flexibility index (Phi) is 3.17. The summed E-state index contributed by atoms with van der Waals surface area (Å²) < 4.78 is 0. The summed E-state index contributed by atoms with van der Waals surface area (Å²) in [6, 6.07) is 8.28. The summed E-state index contributed by atoms with van der Waals surface area (Å²) >= 11 is 0. The average Bonchev–Trinajstić information content (AvgIpc) is 2.72. The summed E-state index contributed by atoms with van der Waals surface area (Å²) in [6.45, 7) is 2.46. The molecule has 2 rings (SSSR count). The van der Waals surface area contributed by atoms with Gasteiger partial charge in [-0.3, -0.25) is 0 Å². The minimum absolute atomic E-state index is 0.144. The van der Waals surface area contributed by atoms with Gasteiger partial charge in [-0.15, -0.1) is 0 Å². The van der Waals surface area contributed by atoms with E-state index >= 15 is 0 Å². The molecule has 0 aromatic heterocycles. The molecule has 1 aromatic rings. The monoisotopic (exact) mass is 191 g/mol. The van der Waals surface area contributed by atoms with Crippen LogP contribution in [0.3, 0.4) is 0 Å². The van der Waals surface area contributed by atoms with Crippen LogP contribution in [0.25, 0.3) is 0 Å². The van der Waals surface area contributed by atoms with Crippen molar-refractivity contribution in [2.75, 3.05) is 13.1 Å². The molecule has 1 aliphatic heterocycles. The molecule has 0 spiro atoms. The molecule has 0 saturated carbocycles. The second-order valence-corrected chi connectivity index (χ2v) is 4.04. The van der Waals surface area contributed by atoms with Gasteiger partial charge in [-0.2, -0.15) is 0 Å².